The van der Waals surface area contributed by atoms with Crippen LogP contribution in [-0.4, -0.2) is 46.0 Å². The number of aromatic nitrogens is 2. The van der Waals surface area contributed by atoms with Gasteiger partial charge in [-0.1, -0.05) is 19.1 Å². The van der Waals surface area contributed by atoms with E-state index in [1.54, 1.807) is 15.8 Å². The summed E-state index contributed by atoms with van der Waals surface area (Å²) in [7, 11) is 0. The molecule has 3 rings (SSSR count). The highest BCUT2D eigenvalue weighted by molar-refractivity contribution is 5.82. The van der Waals surface area contributed by atoms with E-state index in [0.717, 1.165) is 37.0 Å². The molecule has 0 saturated carbocycles. The minimum absolute atomic E-state index is 0.0597. The van der Waals surface area contributed by atoms with Crippen LogP contribution in [0.15, 0.2) is 30.6 Å². The normalized spacial score (nSPS) is 18.1. The number of piperidine rings is 1. The Bertz CT molecular complexity index is 710. The lowest BCUT2D eigenvalue weighted by Crippen LogP contribution is -2.41. The van der Waals surface area contributed by atoms with Crippen molar-refractivity contribution >= 4 is 22.9 Å². The zero-order valence-electron chi connectivity index (χ0n) is 13.3. The summed E-state index contributed by atoms with van der Waals surface area (Å²) in [4.78, 5) is 30.1. The first-order valence-corrected chi connectivity index (χ1v) is 7.97. The van der Waals surface area contributed by atoms with Gasteiger partial charge >= 0.3 is 5.97 Å². The molecule has 1 fully saturated rings. The highest BCUT2D eigenvalue weighted by atomic mass is 16.5. The van der Waals surface area contributed by atoms with Gasteiger partial charge in [0.05, 0.1) is 17.4 Å². The molecule has 1 aliphatic heterocycles. The molecule has 0 aliphatic carbocycles. The number of benzene rings is 1. The van der Waals surface area contributed by atoms with Crippen LogP contribution in [0.2, 0.25) is 0 Å². The second kappa shape index (κ2) is 6.81. The Balaban J connectivity index is 1.52. The second-order valence-corrected chi connectivity index (χ2v) is 6.11. The lowest BCUT2D eigenvalue weighted by Gasteiger charge is -2.30. The Hall–Kier alpha value is -2.37. The number of carbonyl (C=O) groups is 2. The molecule has 0 N–H and O–H groups in total. The third kappa shape index (κ3) is 3.70. The number of para-hydroxylation sites is 2. The summed E-state index contributed by atoms with van der Waals surface area (Å²) in [6, 6.07) is 7.58. The number of nitrogens with zero attached hydrogens (tertiary/aromatic N) is 3. The summed E-state index contributed by atoms with van der Waals surface area (Å²) in [5.41, 5.74) is 1.71. The van der Waals surface area contributed by atoms with Crippen molar-refractivity contribution in [3.05, 3.63) is 30.6 Å². The van der Waals surface area contributed by atoms with Crippen LogP contribution < -0.4 is 0 Å². The van der Waals surface area contributed by atoms with Gasteiger partial charge in [-0.3, -0.25) is 9.59 Å². The molecule has 1 atom stereocenters. The van der Waals surface area contributed by atoms with Crippen LogP contribution in [0.1, 0.15) is 19.8 Å². The largest absolute Gasteiger partial charge is 0.454 e. The third-order valence-corrected chi connectivity index (χ3v) is 4.19. The Morgan fingerprint density at radius 1 is 1.35 bits per heavy atom. The van der Waals surface area contributed by atoms with Gasteiger partial charge in [0.15, 0.2) is 6.61 Å². The van der Waals surface area contributed by atoms with Crippen LogP contribution >= 0.6 is 0 Å². The van der Waals surface area contributed by atoms with Crippen molar-refractivity contribution < 1.29 is 14.3 Å². The van der Waals surface area contributed by atoms with Gasteiger partial charge in [-0.2, -0.15) is 0 Å². The monoisotopic (exact) mass is 315 g/mol. The van der Waals surface area contributed by atoms with Gasteiger partial charge in [0.1, 0.15) is 6.54 Å². The molecule has 1 saturated heterocycles. The van der Waals surface area contributed by atoms with Gasteiger partial charge in [-0.15, -0.1) is 0 Å². The number of amides is 1. The number of carbonyl (C=O) groups excluding carboxylic acids is 2. The maximum atomic E-state index is 12.1. The van der Waals surface area contributed by atoms with Crippen molar-refractivity contribution in [3.63, 3.8) is 0 Å². The topological polar surface area (TPSA) is 64.4 Å². The van der Waals surface area contributed by atoms with Crippen molar-refractivity contribution in [2.75, 3.05) is 19.7 Å². The van der Waals surface area contributed by atoms with E-state index < -0.39 is 5.97 Å². The SMILES string of the molecule is C[C@H]1CCCN(C(=O)COC(=O)Cn2cnc3ccccc32)C1. The van der Waals surface area contributed by atoms with E-state index in [-0.39, 0.29) is 19.1 Å². The molecule has 0 bridgehead atoms. The van der Waals surface area contributed by atoms with Crippen LogP contribution in [0, 0.1) is 5.92 Å². The van der Waals surface area contributed by atoms with Gasteiger partial charge in [0.25, 0.3) is 5.91 Å². The average Bonchev–Trinajstić information content (AvgIpc) is 2.96. The molecule has 1 aliphatic rings. The molecule has 2 aromatic rings. The quantitative estimate of drug-likeness (QED) is 0.808. The molecule has 6 heteroatoms. The van der Waals surface area contributed by atoms with E-state index in [1.165, 1.54) is 0 Å². The molecule has 122 valence electrons. The molecule has 6 nitrogen and oxygen atoms in total. The fraction of sp³-hybridized carbons (Fsp3) is 0.471. The molecular formula is C17H21N3O3. The van der Waals surface area contributed by atoms with Gasteiger partial charge < -0.3 is 14.2 Å². The summed E-state index contributed by atoms with van der Waals surface area (Å²) >= 11 is 0. The molecular weight excluding hydrogens is 294 g/mol. The Kier molecular flexibility index (Phi) is 4.60. The van der Waals surface area contributed by atoms with E-state index in [9.17, 15) is 9.59 Å². The van der Waals surface area contributed by atoms with E-state index in [1.807, 2.05) is 24.3 Å². The van der Waals surface area contributed by atoms with Crippen molar-refractivity contribution in [2.24, 2.45) is 5.92 Å². The molecule has 0 unspecified atom stereocenters. The number of esters is 1. The van der Waals surface area contributed by atoms with Crippen LogP contribution in [-0.2, 0) is 20.9 Å². The molecule has 1 aromatic heterocycles. The minimum Gasteiger partial charge on any atom is -0.454 e. The number of ether oxygens (including phenoxy) is 1. The first kappa shape index (κ1) is 15.5. The fourth-order valence-corrected chi connectivity index (χ4v) is 2.97. The maximum Gasteiger partial charge on any atom is 0.326 e. The maximum absolute atomic E-state index is 12.1. The second-order valence-electron chi connectivity index (χ2n) is 6.11. The predicted molar refractivity (Wildman–Crippen MR) is 85.7 cm³/mol. The van der Waals surface area contributed by atoms with Crippen molar-refractivity contribution in [3.8, 4) is 0 Å². The van der Waals surface area contributed by atoms with Gasteiger partial charge in [-0.05, 0) is 30.9 Å². The molecule has 1 amide bonds. The number of hydrogen-bond donors (Lipinski definition) is 0. The fourth-order valence-electron chi connectivity index (χ4n) is 2.97. The van der Waals surface area contributed by atoms with E-state index in [0.29, 0.717) is 5.92 Å². The summed E-state index contributed by atoms with van der Waals surface area (Å²) in [6.07, 6.45) is 3.78. The first-order valence-electron chi connectivity index (χ1n) is 7.97. The molecule has 2 heterocycles. The highest BCUT2D eigenvalue weighted by Gasteiger charge is 2.21. The van der Waals surface area contributed by atoms with Gasteiger partial charge in [0.2, 0.25) is 0 Å². The van der Waals surface area contributed by atoms with Crippen molar-refractivity contribution in [1.29, 1.82) is 0 Å². The third-order valence-electron chi connectivity index (χ3n) is 4.19. The number of rotatable bonds is 4. The first-order chi connectivity index (χ1) is 11.1. The summed E-state index contributed by atoms with van der Waals surface area (Å²) in [5, 5.41) is 0. The number of fused-ring (bicyclic) bond motifs is 1. The van der Waals surface area contributed by atoms with Crippen molar-refractivity contribution in [1.82, 2.24) is 14.5 Å². The minimum atomic E-state index is -0.424. The number of hydrogen-bond acceptors (Lipinski definition) is 4. The number of likely N-dealkylation sites (tertiary alicyclic amines) is 1. The average molecular weight is 315 g/mol. The molecule has 0 spiro atoms. The standard InChI is InChI=1S/C17H21N3O3/c1-13-5-4-8-19(9-13)16(21)11-23-17(22)10-20-12-18-14-6-2-3-7-15(14)20/h2-3,6-7,12-13H,4-5,8-11H2,1H3/t13-/m0/s1. The number of imidazole rings is 1. The smallest absolute Gasteiger partial charge is 0.326 e. The van der Waals surface area contributed by atoms with Crippen LogP contribution in [0.5, 0.6) is 0 Å². The lowest BCUT2D eigenvalue weighted by molar-refractivity contribution is -0.153. The predicted octanol–water partition coefficient (Wildman–Crippen LogP) is 1.84. The van der Waals surface area contributed by atoms with Crippen molar-refractivity contribution in [2.45, 2.75) is 26.3 Å². The zero-order valence-corrected chi connectivity index (χ0v) is 13.3. The Labute approximate surface area is 135 Å². The Morgan fingerprint density at radius 3 is 3.00 bits per heavy atom. The van der Waals surface area contributed by atoms with Gasteiger partial charge in [0, 0.05) is 13.1 Å². The molecule has 1 aromatic carbocycles. The van der Waals surface area contributed by atoms with Gasteiger partial charge in [-0.25, -0.2) is 4.98 Å². The van der Waals surface area contributed by atoms with E-state index in [4.69, 9.17) is 4.74 Å². The van der Waals surface area contributed by atoms with Crippen LogP contribution in [0.4, 0.5) is 0 Å². The summed E-state index contributed by atoms with van der Waals surface area (Å²) in [6.45, 7) is 3.52. The van der Waals surface area contributed by atoms with Crippen LogP contribution in [0.3, 0.4) is 0 Å². The summed E-state index contributed by atoms with van der Waals surface area (Å²) in [5.74, 6) is -0.0207. The lowest BCUT2D eigenvalue weighted by atomic mass is 10.0. The highest BCUT2D eigenvalue weighted by Crippen LogP contribution is 2.15. The molecule has 23 heavy (non-hydrogen) atoms. The molecule has 0 radical (unpaired) electrons. The Morgan fingerprint density at radius 2 is 2.17 bits per heavy atom. The van der Waals surface area contributed by atoms with Crippen LogP contribution in [0.25, 0.3) is 11.0 Å². The summed E-state index contributed by atoms with van der Waals surface area (Å²) < 4.78 is 6.86. The van der Waals surface area contributed by atoms with E-state index >= 15 is 0 Å². The van der Waals surface area contributed by atoms with E-state index in [2.05, 4.69) is 11.9 Å². The zero-order chi connectivity index (χ0) is 16.2.